The van der Waals surface area contributed by atoms with Crippen molar-refractivity contribution in [1.29, 1.82) is 0 Å². The Balaban J connectivity index is 2.01. The lowest BCUT2D eigenvalue weighted by molar-refractivity contribution is 0.0555. The maximum Gasteiger partial charge on any atom is 0.270 e. The van der Waals surface area contributed by atoms with Gasteiger partial charge in [0.2, 0.25) is 0 Å². The van der Waals surface area contributed by atoms with E-state index >= 15 is 0 Å². The van der Waals surface area contributed by atoms with Crippen LogP contribution in [0, 0.1) is 0 Å². The van der Waals surface area contributed by atoms with Crippen LogP contribution in [0.15, 0.2) is 40.3 Å². The van der Waals surface area contributed by atoms with Crippen molar-refractivity contribution in [3.8, 4) is 0 Å². The summed E-state index contributed by atoms with van der Waals surface area (Å²) in [5.41, 5.74) is -0.758. The zero-order valence-electron chi connectivity index (χ0n) is 10.3. The van der Waals surface area contributed by atoms with E-state index in [0.29, 0.717) is 10.3 Å². The molecular weight excluding hydrogens is 328 g/mol. The van der Waals surface area contributed by atoms with Crippen molar-refractivity contribution >= 4 is 33.2 Å². The Morgan fingerprint density at radius 3 is 2.89 bits per heavy atom. The summed E-state index contributed by atoms with van der Waals surface area (Å²) in [4.78, 5) is 16.8. The Morgan fingerprint density at radius 1 is 1.47 bits per heavy atom. The first-order valence-corrected chi connectivity index (χ1v) is 7.33. The summed E-state index contributed by atoms with van der Waals surface area (Å²) in [5.74, 6) is -0.307. The number of rotatable bonds is 4. The number of hydrogen-bond donors (Lipinski definition) is 2. The van der Waals surface area contributed by atoms with Gasteiger partial charge in [0.1, 0.15) is 15.9 Å². The van der Waals surface area contributed by atoms with Gasteiger partial charge in [-0.05, 0) is 46.4 Å². The monoisotopic (exact) mass is 340 g/mol. The Kier molecular flexibility index (Phi) is 4.34. The molecule has 4 nitrogen and oxygen atoms in total. The molecule has 0 aliphatic carbocycles. The minimum absolute atomic E-state index is 0.139. The third kappa shape index (κ3) is 3.62. The van der Waals surface area contributed by atoms with Crippen LogP contribution in [-0.4, -0.2) is 22.5 Å². The number of carbonyl (C=O) groups is 1. The lowest BCUT2D eigenvalue weighted by Crippen LogP contribution is -2.38. The highest BCUT2D eigenvalue weighted by molar-refractivity contribution is 9.10. The SMILES string of the molecule is CC(O)(CNC(=O)c1cccc(Br)n1)c1cccs1. The Morgan fingerprint density at radius 2 is 2.26 bits per heavy atom. The number of nitrogens with zero attached hydrogens (tertiary/aromatic N) is 1. The van der Waals surface area contributed by atoms with Crippen LogP contribution in [0.4, 0.5) is 0 Å². The second-order valence-electron chi connectivity index (χ2n) is 4.28. The Bertz CT molecular complexity index is 570. The van der Waals surface area contributed by atoms with Gasteiger partial charge in [0.25, 0.3) is 5.91 Å². The molecule has 0 aromatic carbocycles. The van der Waals surface area contributed by atoms with Crippen LogP contribution in [0.25, 0.3) is 0 Å². The molecule has 1 atom stereocenters. The van der Waals surface area contributed by atoms with Crippen molar-refractivity contribution in [2.45, 2.75) is 12.5 Å². The highest BCUT2D eigenvalue weighted by Crippen LogP contribution is 2.24. The van der Waals surface area contributed by atoms with Gasteiger partial charge in [0.05, 0.1) is 6.54 Å². The van der Waals surface area contributed by atoms with Crippen LogP contribution in [-0.2, 0) is 5.60 Å². The summed E-state index contributed by atoms with van der Waals surface area (Å²) in [6.07, 6.45) is 0. The zero-order chi connectivity index (χ0) is 13.9. The highest BCUT2D eigenvalue weighted by atomic mass is 79.9. The lowest BCUT2D eigenvalue weighted by Gasteiger charge is -2.22. The molecule has 1 amide bonds. The third-order valence-electron chi connectivity index (χ3n) is 2.59. The van der Waals surface area contributed by atoms with E-state index in [9.17, 15) is 9.90 Å². The maximum absolute atomic E-state index is 11.9. The van der Waals surface area contributed by atoms with E-state index in [1.807, 2.05) is 17.5 Å². The maximum atomic E-state index is 11.9. The smallest absolute Gasteiger partial charge is 0.270 e. The summed E-state index contributed by atoms with van der Waals surface area (Å²) in [6.45, 7) is 1.81. The van der Waals surface area contributed by atoms with Gasteiger partial charge >= 0.3 is 0 Å². The molecule has 0 aliphatic rings. The lowest BCUT2D eigenvalue weighted by atomic mass is 10.1. The molecule has 1 unspecified atom stereocenters. The average molecular weight is 341 g/mol. The van der Waals surface area contributed by atoms with Crippen molar-refractivity contribution < 1.29 is 9.90 Å². The van der Waals surface area contributed by atoms with E-state index in [1.165, 1.54) is 11.3 Å². The number of aromatic nitrogens is 1. The van der Waals surface area contributed by atoms with Crippen LogP contribution < -0.4 is 5.32 Å². The minimum atomic E-state index is -1.07. The van der Waals surface area contributed by atoms with Crippen LogP contribution >= 0.6 is 27.3 Å². The normalized spacial score (nSPS) is 13.8. The minimum Gasteiger partial charge on any atom is -0.383 e. The molecule has 0 saturated heterocycles. The number of carbonyl (C=O) groups excluding carboxylic acids is 1. The fraction of sp³-hybridized carbons (Fsp3) is 0.231. The van der Waals surface area contributed by atoms with E-state index in [0.717, 1.165) is 4.88 Å². The molecule has 0 spiro atoms. The molecule has 2 rings (SSSR count). The fourth-order valence-corrected chi connectivity index (χ4v) is 2.68. The highest BCUT2D eigenvalue weighted by Gasteiger charge is 2.25. The van der Waals surface area contributed by atoms with Gasteiger partial charge in [-0.3, -0.25) is 4.79 Å². The van der Waals surface area contributed by atoms with Crippen LogP contribution in [0.5, 0.6) is 0 Å². The number of hydrogen-bond acceptors (Lipinski definition) is 4. The van der Waals surface area contributed by atoms with E-state index < -0.39 is 5.60 Å². The molecule has 0 fully saturated rings. The molecule has 0 saturated carbocycles. The molecule has 0 aliphatic heterocycles. The third-order valence-corrected chi connectivity index (χ3v) is 4.16. The standard InChI is InChI=1S/C13H13BrN2O2S/c1-13(18,10-5-3-7-19-10)8-15-12(17)9-4-2-6-11(14)16-9/h2-7,18H,8H2,1H3,(H,15,17). The first-order chi connectivity index (χ1) is 8.99. The van der Waals surface area contributed by atoms with Crippen LogP contribution in [0.2, 0.25) is 0 Å². The molecule has 0 bridgehead atoms. The average Bonchev–Trinajstić information content (AvgIpc) is 2.90. The Hall–Kier alpha value is -1.24. The van der Waals surface area contributed by atoms with Gasteiger partial charge in [-0.1, -0.05) is 12.1 Å². The molecule has 2 aromatic rings. The first kappa shape index (κ1) is 14.2. The van der Waals surface area contributed by atoms with Crippen LogP contribution in [0.1, 0.15) is 22.3 Å². The predicted octanol–water partition coefficient (Wildman–Crippen LogP) is 2.54. The molecule has 6 heteroatoms. The number of amides is 1. The van der Waals surface area contributed by atoms with Crippen molar-refractivity contribution in [3.05, 3.63) is 50.9 Å². The summed E-state index contributed by atoms with van der Waals surface area (Å²) in [6, 6.07) is 8.82. The summed E-state index contributed by atoms with van der Waals surface area (Å²) in [7, 11) is 0. The number of thiophene rings is 1. The second-order valence-corrected chi connectivity index (χ2v) is 6.04. The van der Waals surface area contributed by atoms with Gasteiger partial charge in [0, 0.05) is 4.88 Å². The number of halogens is 1. The van der Waals surface area contributed by atoms with E-state index in [-0.39, 0.29) is 12.5 Å². The zero-order valence-corrected chi connectivity index (χ0v) is 12.7. The van der Waals surface area contributed by atoms with Crippen molar-refractivity contribution in [2.75, 3.05) is 6.54 Å². The summed E-state index contributed by atoms with van der Waals surface area (Å²) in [5, 5.41) is 14.9. The van der Waals surface area contributed by atoms with Gasteiger partial charge in [-0.25, -0.2) is 4.98 Å². The molecule has 0 radical (unpaired) electrons. The number of pyridine rings is 1. The molecule has 2 N–H and O–H groups in total. The van der Waals surface area contributed by atoms with Gasteiger partial charge in [-0.15, -0.1) is 11.3 Å². The summed E-state index contributed by atoms with van der Waals surface area (Å²) < 4.78 is 0.602. The first-order valence-electron chi connectivity index (χ1n) is 5.66. The second kappa shape index (κ2) is 5.81. The van der Waals surface area contributed by atoms with Crippen molar-refractivity contribution in [3.63, 3.8) is 0 Å². The summed E-state index contributed by atoms with van der Waals surface area (Å²) >= 11 is 4.67. The van der Waals surface area contributed by atoms with Gasteiger partial charge in [0.15, 0.2) is 0 Å². The topological polar surface area (TPSA) is 62.2 Å². The van der Waals surface area contributed by atoms with Crippen molar-refractivity contribution in [2.24, 2.45) is 0 Å². The molecule has 2 aromatic heterocycles. The molecule has 2 heterocycles. The van der Waals surface area contributed by atoms with Gasteiger partial charge < -0.3 is 10.4 Å². The van der Waals surface area contributed by atoms with E-state index in [4.69, 9.17) is 0 Å². The largest absolute Gasteiger partial charge is 0.383 e. The van der Waals surface area contributed by atoms with Gasteiger partial charge in [-0.2, -0.15) is 0 Å². The van der Waals surface area contributed by atoms with E-state index in [1.54, 1.807) is 25.1 Å². The number of nitrogens with one attached hydrogen (secondary N) is 1. The molecular formula is C13H13BrN2O2S. The van der Waals surface area contributed by atoms with Crippen molar-refractivity contribution in [1.82, 2.24) is 10.3 Å². The quantitative estimate of drug-likeness (QED) is 0.840. The molecule has 100 valence electrons. The molecule has 19 heavy (non-hydrogen) atoms. The number of aliphatic hydroxyl groups is 1. The predicted molar refractivity (Wildman–Crippen MR) is 78.2 cm³/mol. The van der Waals surface area contributed by atoms with E-state index in [2.05, 4.69) is 26.2 Å². The fourth-order valence-electron chi connectivity index (χ4n) is 1.55. The van der Waals surface area contributed by atoms with Crippen LogP contribution in [0.3, 0.4) is 0 Å². The Labute approximate surface area is 123 Å².